The van der Waals surface area contributed by atoms with Gasteiger partial charge in [-0.15, -0.1) is 0 Å². The van der Waals surface area contributed by atoms with Crippen LogP contribution >= 0.6 is 0 Å². The summed E-state index contributed by atoms with van der Waals surface area (Å²) >= 11 is 0. The SMILES string of the molecule is CC(C)N1CCCCCC2(CC2)C1. The van der Waals surface area contributed by atoms with E-state index < -0.39 is 0 Å². The fraction of sp³-hybridized carbons (Fsp3) is 1.00. The Balaban J connectivity index is 1.94. The topological polar surface area (TPSA) is 3.24 Å². The van der Waals surface area contributed by atoms with E-state index in [2.05, 4.69) is 18.7 Å². The molecule has 13 heavy (non-hydrogen) atoms. The van der Waals surface area contributed by atoms with Crippen LogP contribution < -0.4 is 0 Å². The van der Waals surface area contributed by atoms with Crippen molar-refractivity contribution in [2.45, 2.75) is 58.4 Å². The zero-order chi connectivity index (χ0) is 9.31. The van der Waals surface area contributed by atoms with E-state index in [0.717, 1.165) is 11.5 Å². The molecule has 0 aromatic carbocycles. The maximum Gasteiger partial charge on any atom is 0.00407 e. The Morgan fingerprint density at radius 2 is 1.77 bits per heavy atom. The molecule has 0 atom stereocenters. The molecule has 0 N–H and O–H groups in total. The molecule has 1 spiro atoms. The van der Waals surface area contributed by atoms with Crippen LogP contribution in [0.3, 0.4) is 0 Å². The lowest BCUT2D eigenvalue weighted by atomic mass is 9.94. The van der Waals surface area contributed by atoms with Crippen molar-refractivity contribution in [1.82, 2.24) is 4.90 Å². The summed E-state index contributed by atoms with van der Waals surface area (Å²) in [6.07, 6.45) is 8.91. The summed E-state index contributed by atoms with van der Waals surface area (Å²) in [6, 6.07) is 0.760. The molecular formula is C12H23N. The molecule has 0 bridgehead atoms. The number of hydrogen-bond acceptors (Lipinski definition) is 1. The molecule has 0 amide bonds. The lowest BCUT2D eigenvalue weighted by molar-refractivity contribution is 0.154. The van der Waals surface area contributed by atoms with Gasteiger partial charge in [0.25, 0.3) is 0 Å². The number of hydrogen-bond donors (Lipinski definition) is 0. The predicted octanol–water partition coefficient (Wildman–Crippen LogP) is 3.05. The largest absolute Gasteiger partial charge is 0.300 e. The zero-order valence-corrected chi connectivity index (χ0v) is 9.18. The Bertz CT molecular complexity index is 170. The highest BCUT2D eigenvalue weighted by Crippen LogP contribution is 2.51. The van der Waals surface area contributed by atoms with Gasteiger partial charge in [-0.05, 0) is 51.5 Å². The molecular weight excluding hydrogens is 158 g/mol. The minimum absolute atomic E-state index is 0.760. The smallest absolute Gasteiger partial charge is 0.00407 e. The van der Waals surface area contributed by atoms with Gasteiger partial charge >= 0.3 is 0 Å². The second kappa shape index (κ2) is 3.61. The molecule has 2 fully saturated rings. The third-order valence-corrected chi connectivity index (χ3v) is 3.88. The van der Waals surface area contributed by atoms with Crippen molar-refractivity contribution in [2.75, 3.05) is 13.1 Å². The highest BCUT2D eigenvalue weighted by Gasteiger charge is 2.43. The van der Waals surface area contributed by atoms with Crippen molar-refractivity contribution in [3.8, 4) is 0 Å². The molecule has 1 saturated heterocycles. The van der Waals surface area contributed by atoms with Crippen molar-refractivity contribution in [2.24, 2.45) is 5.41 Å². The zero-order valence-electron chi connectivity index (χ0n) is 9.18. The molecule has 2 aliphatic rings. The first-order valence-corrected chi connectivity index (χ1v) is 5.96. The lowest BCUT2D eigenvalue weighted by Gasteiger charge is -2.33. The quantitative estimate of drug-likeness (QED) is 0.601. The minimum atomic E-state index is 0.760. The summed E-state index contributed by atoms with van der Waals surface area (Å²) in [5.41, 5.74) is 0.782. The molecule has 2 rings (SSSR count). The van der Waals surface area contributed by atoms with Crippen LogP contribution in [-0.2, 0) is 0 Å². The van der Waals surface area contributed by atoms with Crippen LogP contribution in [0.15, 0.2) is 0 Å². The first kappa shape index (κ1) is 9.51. The van der Waals surface area contributed by atoms with Crippen molar-refractivity contribution in [1.29, 1.82) is 0 Å². The van der Waals surface area contributed by atoms with Gasteiger partial charge in [0, 0.05) is 12.6 Å². The Labute approximate surface area is 82.5 Å². The van der Waals surface area contributed by atoms with E-state index in [-0.39, 0.29) is 0 Å². The Kier molecular flexibility index (Phi) is 2.64. The maximum absolute atomic E-state index is 2.70. The first-order chi connectivity index (χ1) is 6.22. The summed E-state index contributed by atoms with van der Waals surface area (Å²) in [5.74, 6) is 0. The monoisotopic (exact) mass is 181 g/mol. The van der Waals surface area contributed by atoms with Crippen LogP contribution in [0.4, 0.5) is 0 Å². The first-order valence-electron chi connectivity index (χ1n) is 5.96. The van der Waals surface area contributed by atoms with Gasteiger partial charge in [-0.2, -0.15) is 0 Å². The van der Waals surface area contributed by atoms with Crippen LogP contribution in [0.5, 0.6) is 0 Å². The number of likely N-dealkylation sites (tertiary alicyclic amines) is 1. The van der Waals surface area contributed by atoms with Crippen molar-refractivity contribution >= 4 is 0 Å². The van der Waals surface area contributed by atoms with Gasteiger partial charge in [-0.1, -0.05) is 12.8 Å². The molecule has 1 aliphatic heterocycles. The van der Waals surface area contributed by atoms with Crippen LogP contribution in [0.2, 0.25) is 0 Å². The molecule has 1 heterocycles. The maximum atomic E-state index is 2.70. The molecule has 0 unspecified atom stereocenters. The average Bonchev–Trinajstić information content (AvgIpc) is 2.77. The van der Waals surface area contributed by atoms with E-state index in [9.17, 15) is 0 Å². The Hall–Kier alpha value is -0.0400. The van der Waals surface area contributed by atoms with Gasteiger partial charge in [-0.25, -0.2) is 0 Å². The van der Waals surface area contributed by atoms with Gasteiger partial charge in [0.2, 0.25) is 0 Å². The summed E-state index contributed by atoms with van der Waals surface area (Å²) in [6.45, 7) is 7.43. The summed E-state index contributed by atoms with van der Waals surface area (Å²) in [7, 11) is 0. The van der Waals surface area contributed by atoms with Gasteiger partial charge in [-0.3, -0.25) is 0 Å². The van der Waals surface area contributed by atoms with E-state index in [1.807, 2.05) is 0 Å². The van der Waals surface area contributed by atoms with Crippen molar-refractivity contribution < 1.29 is 0 Å². The second-order valence-corrected chi connectivity index (χ2v) is 5.37. The average molecular weight is 181 g/mol. The standard InChI is InChI=1S/C12H23N/c1-11(2)13-9-5-3-4-6-12(10-13)7-8-12/h11H,3-10H2,1-2H3. The summed E-state index contributed by atoms with van der Waals surface area (Å²) in [5, 5.41) is 0. The van der Waals surface area contributed by atoms with Crippen LogP contribution in [0.1, 0.15) is 52.4 Å². The van der Waals surface area contributed by atoms with Gasteiger partial charge in [0.1, 0.15) is 0 Å². The molecule has 0 aromatic heterocycles. The summed E-state index contributed by atoms with van der Waals surface area (Å²) < 4.78 is 0. The van der Waals surface area contributed by atoms with E-state index in [0.29, 0.717) is 0 Å². The Morgan fingerprint density at radius 3 is 2.38 bits per heavy atom. The Morgan fingerprint density at radius 1 is 1.00 bits per heavy atom. The third kappa shape index (κ3) is 2.25. The molecule has 0 radical (unpaired) electrons. The van der Waals surface area contributed by atoms with Crippen LogP contribution in [-0.4, -0.2) is 24.0 Å². The molecule has 1 heteroatoms. The highest BCUT2D eigenvalue weighted by atomic mass is 15.2. The van der Waals surface area contributed by atoms with Crippen molar-refractivity contribution in [3.63, 3.8) is 0 Å². The van der Waals surface area contributed by atoms with Gasteiger partial charge < -0.3 is 4.90 Å². The lowest BCUT2D eigenvalue weighted by Crippen LogP contribution is -2.38. The van der Waals surface area contributed by atoms with Gasteiger partial charge in [0.05, 0.1) is 0 Å². The van der Waals surface area contributed by atoms with Crippen LogP contribution in [0, 0.1) is 5.41 Å². The van der Waals surface area contributed by atoms with Crippen molar-refractivity contribution in [3.05, 3.63) is 0 Å². The van der Waals surface area contributed by atoms with E-state index in [4.69, 9.17) is 0 Å². The van der Waals surface area contributed by atoms with Gasteiger partial charge in [0.15, 0.2) is 0 Å². The fourth-order valence-electron chi connectivity index (χ4n) is 2.61. The van der Waals surface area contributed by atoms with E-state index in [1.54, 1.807) is 0 Å². The second-order valence-electron chi connectivity index (χ2n) is 5.37. The molecule has 1 saturated carbocycles. The fourth-order valence-corrected chi connectivity index (χ4v) is 2.61. The molecule has 1 aliphatic carbocycles. The minimum Gasteiger partial charge on any atom is -0.300 e. The van der Waals surface area contributed by atoms with E-state index in [1.165, 1.54) is 51.6 Å². The molecule has 1 nitrogen and oxygen atoms in total. The number of nitrogens with zero attached hydrogens (tertiary/aromatic N) is 1. The number of rotatable bonds is 1. The normalized spacial score (nSPS) is 28.8. The van der Waals surface area contributed by atoms with E-state index >= 15 is 0 Å². The highest BCUT2D eigenvalue weighted by molar-refractivity contribution is 4.96. The predicted molar refractivity (Wildman–Crippen MR) is 56.8 cm³/mol. The molecule has 0 aromatic rings. The van der Waals surface area contributed by atoms with Crippen LogP contribution in [0.25, 0.3) is 0 Å². The molecule has 76 valence electrons. The summed E-state index contributed by atoms with van der Waals surface area (Å²) in [4.78, 5) is 2.70. The third-order valence-electron chi connectivity index (χ3n) is 3.88.